The molecule has 1 aromatic carbocycles. The Balaban J connectivity index is 2.36. The summed E-state index contributed by atoms with van der Waals surface area (Å²) in [6, 6.07) is 11.7. The zero-order valence-corrected chi connectivity index (χ0v) is 14.1. The van der Waals surface area contributed by atoms with Crippen molar-refractivity contribution < 1.29 is 4.48 Å². The van der Waals surface area contributed by atoms with E-state index in [1.807, 2.05) is 0 Å². The molecular formula is C19H34N+. The average molecular weight is 276 g/mol. The third kappa shape index (κ3) is 6.56. The van der Waals surface area contributed by atoms with Crippen LogP contribution in [0.25, 0.3) is 0 Å². The molecule has 0 saturated heterocycles. The van der Waals surface area contributed by atoms with Gasteiger partial charge in [0.1, 0.15) is 6.04 Å². The Morgan fingerprint density at radius 2 is 1.35 bits per heavy atom. The molecule has 0 radical (unpaired) electrons. The van der Waals surface area contributed by atoms with Gasteiger partial charge >= 0.3 is 0 Å². The van der Waals surface area contributed by atoms with Gasteiger partial charge in [0.15, 0.2) is 0 Å². The number of unbranched alkanes of at least 4 members (excludes halogenated alkanes) is 6. The van der Waals surface area contributed by atoms with E-state index in [0.717, 1.165) is 4.48 Å². The minimum atomic E-state index is 0.631. The van der Waals surface area contributed by atoms with E-state index in [0.29, 0.717) is 6.04 Å². The Morgan fingerprint density at radius 1 is 0.800 bits per heavy atom. The number of hydrogen-bond donors (Lipinski definition) is 0. The van der Waals surface area contributed by atoms with Gasteiger partial charge in [0.05, 0.1) is 21.1 Å². The van der Waals surface area contributed by atoms with Crippen molar-refractivity contribution in [3.05, 3.63) is 35.9 Å². The van der Waals surface area contributed by atoms with E-state index >= 15 is 0 Å². The maximum Gasteiger partial charge on any atom is 0.114 e. The molecule has 0 fully saturated rings. The minimum Gasteiger partial charge on any atom is -0.325 e. The van der Waals surface area contributed by atoms with Crippen molar-refractivity contribution in [2.24, 2.45) is 0 Å². The van der Waals surface area contributed by atoms with Gasteiger partial charge in [0.25, 0.3) is 0 Å². The van der Waals surface area contributed by atoms with Crippen LogP contribution in [0.1, 0.15) is 69.9 Å². The first-order chi connectivity index (χ1) is 9.55. The molecule has 0 aliphatic rings. The predicted octanol–water partition coefficient (Wildman–Crippen LogP) is 5.57. The summed E-state index contributed by atoms with van der Waals surface area (Å²) in [5.41, 5.74) is 1.49. The van der Waals surface area contributed by atoms with Crippen molar-refractivity contribution in [2.75, 3.05) is 21.1 Å². The number of nitrogens with zero attached hydrogens (tertiary/aromatic N) is 1. The third-order valence-corrected chi connectivity index (χ3v) is 4.20. The fraction of sp³-hybridized carbons (Fsp3) is 0.684. The van der Waals surface area contributed by atoms with Crippen LogP contribution < -0.4 is 0 Å². The first-order valence-electron chi connectivity index (χ1n) is 8.41. The van der Waals surface area contributed by atoms with Gasteiger partial charge in [0, 0.05) is 12.0 Å². The van der Waals surface area contributed by atoms with Crippen LogP contribution in [-0.2, 0) is 0 Å². The van der Waals surface area contributed by atoms with Crippen molar-refractivity contribution in [1.29, 1.82) is 0 Å². The highest BCUT2D eigenvalue weighted by molar-refractivity contribution is 5.17. The Labute approximate surface area is 126 Å². The van der Waals surface area contributed by atoms with Gasteiger partial charge in [-0.25, -0.2) is 0 Å². The second-order valence-corrected chi connectivity index (χ2v) is 6.95. The second kappa shape index (κ2) is 9.18. The molecule has 1 unspecified atom stereocenters. The highest BCUT2D eigenvalue weighted by atomic mass is 15.3. The molecule has 0 saturated carbocycles. The number of hydrogen-bond acceptors (Lipinski definition) is 0. The largest absolute Gasteiger partial charge is 0.325 e. The van der Waals surface area contributed by atoms with Crippen LogP contribution in [0.4, 0.5) is 0 Å². The Kier molecular flexibility index (Phi) is 7.91. The molecule has 0 N–H and O–H groups in total. The van der Waals surface area contributed by atoms with E-state index in [1.165, 1.54) is 56.9 Å². The predicted molar refractivity (Wildman–Crippen MR) is 89.8 cm³/mol. The number of rotatable bonds is 10. The van der Waals surface area contributed by atoms with Gasteiger partial charge in [-0.2, -0.15) is 0 Å². The van der Waals surface area contributed by atoms with Crippen LogP contribution >= 0.6 is 0 Å². The van der Waals surface area contributed by atoms with Gasteiger partial charge in [-0.15, -0.1) is 0 Å². The molecule has 0 aliphatic heterocycles. The quantitative estimate of drug-likeness (QED) is 0.387. The van der Waals surface area contributed by atoms with Gasteiger partial charge in [-0.3, -0.25) is 0 Å². The molecule has 0 spiro atoms. The van der Waals surface area contributed by atoms with E-state index in [4.69, 9.17) is 0 Å². The summed E-state index contributed by atoms with van der Waals surface area (Å²) in [5, 5.41) is 0. The Hall–Kier alpha value is -0.820. The maximum atomic E-state index is 2.32. The SMILES string of the molecule is CCCCCCCCCC(c1ccccc1)[N+](C)(C)C. The number of quaternary nitrogens is 1. The van der Waals surface area contributed by atoms with Crippen molar-refractivity contribution >= 4 is 0 Å². The highest BCUT2D eigenvalue weighted by Crippen LogP contribution is 2.28. The molecular weight excluding hydrogens is 242 g/mol. The molecule has 1 heteroatoms. The van der Waals surface area contributed by atoms with Crippen LogP contribution in [0.2, 0.25) is 0 Å². The summed E-state index contributed by atoms with van der Waals surface area (Å²) in [6.07, 6.45) is 11.1. The summed E-state index contributed by atoms with van der Waals surface area (Å²) >= 11 is 0. The zero-order valence-electron chi connectivity index (χ0n) is 14.1. The van der Waals surface area contributed by atoms with E-state index in [9.17, 15) is 0 Å². The molecule has 114 valence electrons. The summed E-state index contributed by atoms with van der Waals surface area (Å²) in [7, 11) is 6.96. The van der Waals surface area contributed by atoms with Crippen molar-refractivity contribution in [3.63, 3.8) is 0 Å². The molecule has 0 amide bonds. The lowest BCUT2D eigenvalue weighted by atomic mass is 9.97. The summed E-state index contributed by atoms with van der Waals surface area (Å²) < 4.78 is 1.03. The Bertz CT molecular complexity index is 337. The van der Waals surface area contributed by atoms with Crippen LogP contribution in [0, 0.1) is 0 Å². The first-order valence-corrected chi connectivity index (χ1v) is 8.41. The lowest BCUT2D eigenvalue weighted by Gasteiger charge is -2.34. The van der Waals surface area contributed by atoms with Crippen molar-refractivity contribution in [3.8, 4) is 0 Å². The van der Waals surface area contributed by atoms with Crippen LogP contribution in [0.3, 0.4) is 0 Å². The normalized spacial score (nSPS) is 13.4. The molecule has 1 nitrogen and oxygen atoms in total. The monoisotopic (exact) mass is 276 g/mol. The van der Waals surface area contributed by atoms with E-state index in [-0.39, 0.29) is 0 Å². The maximum absolute atomic E-state index is 2.32. The molecule has 1 rings (SSSR count). The first kappa shape index (κ1) is 17.2. The fourth-order valence-corrected chi connectivity index (χ4v) is 2.97. The fourth-order valence-electron chi connectivity index (χ4n) is 2.97. The molecule has 0 bridgehead atoms. The van der Waals surface area contributed by atoms with Crippen molar-refractivity contribution in [1.82, 2.24) is 0 Å². The topological polar surface area (TPSA) is 0 Å². The van der Waals surface area contributed by atoms with E-state index < -0.39 is 0 Å². The van der Waals surface area contributed by atoms with Crippen LogP contribution in [0.15, 0.2) is 30.3 Å². The second-order valence-electron chi connectivity index (χ2n) is 6.95. The van der Waals surface area contributed by atoms with Gasteiger partial charge < -0.3 is 4.48 Å². The molecule has 0 aliphatic carbocycles. The standard InChI is InChI=1S/C19H34N/c1-5-6-7-8-9-10-14-17-19(20(2,3)4)18-15-12-11-13-16-18/h11-13,15-16,19H,5-10,14,17H2,1-4H3/q+1. The molecule has 1 aromatic rings. The minimum absolute atomic E-state index is 0.631. The Morgan fingerprint density at radius 3 is 1.90 bits per heavy atom. The highest BCUT2D eigenvalue weighted by Gasteiger charge is 2.24. The smallest absolute Gasteiger partial charge is 0.114 e. The lowest BCUT2D eigenvalue weighted by molar-refractivity contribution is -0.902. The van der Waals surface area contributed by atoms with Gasteiger partial charge in [-0.1, -0.05) is 75.8 Å². The zero-order chi connectivity index (χ0) is 14.8. The number of benzene rings is 1. The van der Waals surface area contributed by atoms with E-state index in [2.05, 4.69) is 58.4 Å². The molecule has 0 aromatic heterocycles. The van der Waals surface area contributed by atoms with Gasteiger partial charge in [0.2, 0.25) is 0 Å². The summed E-state index contributed by atoms with van der Waals surface area (Å²) in [5.74, 6) is 0. The molecule has 0 heterocycles. The van der Waals surface area contributed by atoms with Gasteiger partial charge in [-0.05, 0) is 6.42 Å². The van der Waals surface area contributed by atoms with Crippen LogP contribution in [-0.4, -0.2) is 25.6 Å². The van der Waals surface area contributed by atoms with Crippen molar-refractivity contribution in [2.45, 2.75) is 64.3 Å². The average Bonchev–Trinajstić information content (AvgIpc) is 2.41. The summed E-state index contributed by atoms with van der Waals surface area (Å²) in [6.45, 7) is 2.28. The lowest BCUT2D eigenvalue weighted by Crippen LogP contribution is -2.38. The summed E-state index contributed by atoms with van der Waals surface area (Å²) in [4.78, 5) is 0. The molecule has 1 atom stereocenters. The third-order valence-electron chi connectivity index (χ3n) is 4.20. The van der Waals surface area contributed by atoms with E-state index in [1.54, 1.807) is 0 Å². The molecule has 20 heavy (non-hydrogen) atoms. The van der Waals surface area contributed by atoms with Crippen LogP contribution in [0.5, 0.6) is 0 Å².